The van der Waals surface area contributed by atoms with Gasteiger partial charge in [0, 0.05) is 12.6 Å². The van der Waals surface area contributed by atoms with Crippen LogP contribution in [0, 0.1) is 0 Å². The Morgan fingerprint density at radius 3 is 3.00 bits per heavy atom. The van der Waals surface area contributed by atoms with Crippen LogP contribution >= 0.6 is 0 Å². The third-order valence-electron chi connectivity index (χ3n) is 2.25. The molecule has 2 nitrogen and oxygen atoms in total. The minimum absolute atomic E-state index is 0.265. The Morgan fingerprint density at radius 1 is 1.64 bits per heavy atom. The fourth-order valence-corrected chi connectivity index (χ4v) is 1.49. The average Bonchev–Trinajstić information content (AvgIpc) is 2.07. The van der Waals surface area contributed by atoms with Gasteiger partial charge in [-0.2, -0.15) is 0 Å². The van der Waals surface area contributed by atoms with Gasteiger partial charge in [-0.15, -0.1) is 0 Å². The van der Waals surface area contributed by atoms with Crippen molar-refractivity contribution in [1.82, 2.24) is 4.90 Å². The number of hydrogen-bond acceptors (Lipinski definition) is 2. The third kappa shape index (κ3) is 2.64. The van der Waals surface area contributed by atoms with E-state index < -0.39 is 0 Å². The first-order valence-corrected chi connectivity index (χ1v) is 4.32. The number of likely N-dealkylation sites (N-methyl/N-ethyl adjacent to an activating group) is 1. The van der Waals surface area contributed by atoms with Crippen LogP contribution in [-0.4, -0.2) is 36.2 Å². The molecule has 1 atom stereocenters. The van der Waals surface area contributed by atoms with Crippen LogP contribution in [0.1, 0.15) is 19.3 Å². The second-order valence-electron chi connectivity index (χ2n) is 3.13. The van der Waals surface area contributed by atoms with Gasteiger partial charge in [-0.05, 0) is 26.3 Å². The molecule has 0 saturated carbocycles. The first-order chi connectivity index (χ1) is 5.34. The first kappa shape index (κ1) is 8.75. The lowest BCUT2D eigenvalue weighted by Gasteiger charge is -2.26. The van der Waals surface area contributed by atoms with Crippen molar-refractivity contribution in [2.75, 3.05) is 20.2 Å². The molecule has 11 heavy (non-hydrogen) atoms. The van der Waals surface area contributed by atoms with E-state index in [1.54, 1.807) is 0 Å². The van der Waals surface area contributed by atoms with Gasteiger partial charge in [0.15, 0.2) is 0 Å². The van der Waals surface area contributed by atoms with E-state index in [0.29, 0.717) is 6.04 Å². The molecule has 0 radical (unpaired) electrons. The van der Waals surface area contributed by atoms with Crippen LogP contribution in [0.4, 0.5) is 0 Å². The maximum atomic E-state index is 8.70. The Kier molecular flexibility index (Phi) is 3.60. The highest BCUT2D eigenvalue weighted by atomic mass is 16.3. The van der Waals surface area contributed by atoms with Crippen molar-refractivity contribution in [3.63, 3.8) is 0 Å². The summed E-state index contributed by atoms with van der Waals surface area (Å²) in [5.74, 6) is 0. The molecule has 64 valence electrons. The van der Waals surface area contributed by atoms with Gasteiger partial charge in [0.2, 0.25) is 0 Å². The molecule has 0 saturated heterocycles. The fraction of sp³-hybridized carbons (Fsp3) is 0.778. The third-order valence-corrected chi connectivity index (χ3v) is 2.25. The van der Waals surface area contributed by atoms with Gasteiger partial charge in [-0.3, -0.25) is 4.90 Å². The molecule has 0 fully saturated rings. The van der Waals surface area contributed by atoms with Crippen molar-refractivity contribution in [3.8, 4) is 0 Å². The van der Waals surface area contributed by atoms with Gasteiger partial charge in [-0.1, -0.05) is 12.2 Å². The second-order valence-corrected chi connectivity index (χ2v) is 3.13. The highest BCUT2D eigenvalue weighted by Gasteiger charge is 2.12. The standard InChI is InChI=1S/C9H17NO/c1-10(7-8-11)9-5-3-2-4-6-9/h3,5,9,11H,2,4,6-8H2,1H3. The minimum atomic E-state index is 0.265. The van der Waals surface area contributed by atoms with Crippen molar-refractivity contribution >= 4 is 0 Å². The van der Waals surface area contributed by atoms with Crippen LogP contribution in [0.3, 0.4) is 0 Å². The normalized spacial score (nSPS) is 24.5. The lowest BCUT2D eigenvalue weighted by molar-refractivity contribution is 0.191. The quantitative estimate of drug-likeness (QED) is 0.615. The number of aliphatic hydroxyl groups is 1. The van der Waals surface area contributed by atoms with Crippen LogP contribution in [0.2, 0.25) is 0 Å². The molecule has 1 aliphatic carbocycles. The zero-order valence-electron chi connectivity index (χ0n) is 7.16. The van der Waals surface area contributed by atoms with Gasteiger partial charge in [0.05, 0.1) is 6.61 Å². The molecule has 0 heterocycles. The topological polar surface area (TPSA) is 23.5 Å². The Balaban J connectivity index is 2.32. The second kappa shape index (κ2) is 4.52. The molecule has 1 rings (SSSR count). The molecule has 1 unspecified atom stereocenters. The van der Waals surface area contributed by atoms with Crippen molar-refractivity contribution in [2.24, 2.45) is 0 Å². The van der Waals surface area contributed by atoms with Crippen molar-refractivity contribution in [2.45, 2.75) is 25.3 Å². The average molecular weight is 155 g/mol. The molecule has 0 aromatic carbocycles. The maximum absolute atomic E-state index is 8.70. The molecular weight excluding hydrogens is 138 g/mol. The lowest BCUT2D eigenvalue weighted by atomic mass is 10.0. The molecule has 0 amide bonds. The molecule has 0 aromatic rings. The molecule has 1 N–H and O–H groups in total. The Labute approximate surface area is 68.5 Å². The highest BCUT2D eigenvalue weighted by Crippen LogP contribution is 2.14. The lowest BCUT2D eigenvalue weighted by Crippen LogP contribution is -2.33. The Hall–Kier alpha value is -0.340. The predicted molar refractivity (Wildman–Crippen MR) is 46.5 cm³/mol. The number of hydrogen-bond donors (Lipinski definition) is 1. The summed E-state index contributed by atoms with van der Waals surface area (Å²) >= 11 is 0. The highest BCUT2D eigenvalue weighted by molar-refractivity contribution is 4.97. The van der Waals surface area contributed by atoms with E-state index in [1.807, 2.05) is 0 Å². The summed E-state index contributed by atoms with van der Waals surface area (Å²) in [5.41, 5.74) is 0. The minimum Gasteiger partial charge on any atom is -0.395 e. The predicted octanol–water partition coefficient (Wildman–Crippen LogP) is 1.02. The van der Waals surface area contributed by atoms with Gasteiger partial charge < -0.3 is 5.11 Å². The SMILES string of the molecule is CN(CCO)C1C=CCCC1. The molecule has 2 heteroatoms. The van der Waals surface area contributed by atoms with E-state index in [-0.39, 0.29) is 6.61 Å². The summed E-state index contributed by atoms with van der Waals surface area (Å²) in [6.07, 6.45) is 8.24. The van der Waals surface area contributed by atoms with E-state index in [1.165, 1.54) is 19.3 Å². The van der Waals surface area contributed by atoms with Crippen LogP contribution in [0.5, 0.6) is 0 Å². The zero-order valence-corrected chi connectivity index (χ0v) is 7.16. The molecule has 0 spiro atoms. The summed E-state index contributed by atoms with van der Waals surface area (Å²) in [6.45, 7) is 1.05. The smallest absolute Gasteiger partial charge is 0.0558 e. The zero-order chi connectivity index (χ0) is 8.10. The van der Waals surface area contributed by atoms with Gasteiger partial charge in [0.1, 0.15) is 0 Å². The van der Waals surface area contributed by atoms with Crippen molar-refractivity contribution in [1.29, 1.82) is 0 Å². The van der Waals surface area contributed by atoms with Crippen LogP contribution in [-0.2, 0) is 0 Å². The number of nitrogens with zero attached hydrogens (tertiary/aromatic N) is 1. The molecular formula is C9H17NO. The van der Waals surface area contributed by atoms with Gasteiger partial charge in [-0.25, -0.2) is 0 Å². The number of allylic oxidation sites excluding steroid dienone is 1. The molecule has 0 aliphatic heterocycles. The summed E-state index contributed by atoms with van der Waals surface area (Å²) in [6, 6.07) is 0.566. The van der Waals surface area contributed by atoms with Crippen LogP contribution in [0.15, 0.2) is 12.2 Å². The summed E-state index contributed by atoms with van der Waals surface area (Å²) in [5, 5.41) is 8.70. The van der Waals surface area contributed by atoms with Crippen LogP contribution < -0.4 is 0 Å². The monoisotopic (exact) mass is 155 g/mol. The summed E-state index contributed by atoms with van der Waals surface area (Å²) in [7, 11) is 2.07. The maximum Gasteiger partial charge on any atom is 0.0558 e. The number of rotatable bonds is 3. The molecule has 0 bridgehead atoms. The molecule has 1 aliphatic rings. The van der Waals surface area contributed by atoms with E-state index >= 15 is 0 Å². The Morgan fingerprint density at radius 2 is 2.45 bits per heavy atom. The first-order valence-electron chi connectivity index (χ1n) is 4.32. The van der Waals surface area contributed by atoms with E-state index in [0.717, 1.165) is 6.54 Å². The number of aliphatic hydroxyl groups excluding tert-OH is 1. The molecule has 0 aromatic heterocycles. The Bertz CT molecular complexity index is 134. The van der Waals surface area contributed by atoms with Crippen molar-refractivity contribution in [3.05, 3.63) is 12.2 Å². The van der Waals surface area contributed by atoms with E-state index in [2.05, 4.69) is 24.1 Å². The van der Waals surface area contributed by atoms with Crippen LogP contribution in [0.25, 0.3) is 0 Å². The van der Waals surface area contributed by atoms with E-state index in [9.17, 15) is 0 Å². The van der Waals surface area contributed by atoms with Crippen molar-refractivity contribution < 1.29 is 5.11 Å². The van der Waals surface area contributed by atoms with Gasteiger partial charge >= 0.3 is 0 Å². The fourth-order valence-electron chi connectivity index (χ4n) is 1.49. The summed E-state index contributed by atoms with van der Waals surface area (Å²) in [4.78, 5) is 2.20. The largest absolute Gasteiger partial charge is 0.395 e. The van der Waals surface area contributed by atoms with E-state index in [4.69, 9.17) is 5.11 Å². The van der Waals surface area contributed by atoms with Gasteiger partial charge in [0.25, 0.3) is 0 Å². The summed E-state index contributed by atoms with van der Waals surface area (Å²) < 4.78 is 0.